The number of halogens is 2. The van der Waals surface area contributed by atoms with Crippen molar-refractivity contribution in [2.75, 3.05) is 0 Å². The van der Waals surface area contributed by atoms with Crippen molar-refractivity contribution < 1.29 is 9.59 Å². The van der Waals surface area contributed by atoms with Gasteiger partial charge in [-0.3, -0.25) is 9.59 Å². The smallest absolute Gasteiger partial charge is 0.243 e. The molecule has 1 aliphatic carbocycles. The summed E-state index contributed by atoms with van der Waals surface area (Å²) in [6.45, 7) is 2.30. The van der Waals surface area contributed by atoms with Crippen molar-refractivity contribution in [3.63, 3.8) is 0 Å². The number of nitrogens with zero attached hydrogens (tertiary/aromatic N) is 1. The van der Waals surface area contributed by atoms with Crippen molar-refractivity contribution in [1.82, 2.24) is 10.2 Å². The minimum Gasteiger partial charge on any atom is -0.352 e. The second-order valence-corrected chi connectivity index (χ2v) is 8.97. The topological polar surface area (TPSA) is 49.4 Å². The lowest BCUT2D eigenvalue weighted by atomic mass is 9.95. The van der Waals surface area contributed by atoms with Crippen LogP contribution in [0.15, 0.2) is 48.5 Å². The van der Waals surface area contributed by atoms with Crippen LogP contribution >= 0.6 is 23.2 Å². The molecule has 0 radical (unpaired) electrons. The van der Waals surface area contributed by atoms with Crippen LogP contribution in [0, 0.1) is 0 Å². The average Bonchev–Trinajstić information content (AvgIpc) is 2.77. The van der Waals surface area contributed by atoms with E-state index in [4.69, 9.17) is 23.2 Å². The third-order valence-electron chi connectivity index (χ3n) is 5.92. The van der Waals surface area contributed by atoms with Crippen molar-refractivity contribution in [2.45, 2.75) is 70.5 Å². The Morgan fingerprint density at radius 2 is 1.65 bits per heavy atom. The minimum absolute atomic E-state index is 0.0541. The summed E-state index contributed by atoms with van der Waals surface area (Å²) >= 11 is 12.6. The highest BCUT2D eigenvalue weighted by Gasteiger charge is 2.30. The van der Waals surface area contributed by atoms with Gasteiger partial charge in [-0.05, 0) is 42.5 Å². The molecule has 0 spiro atoms. The largest absolute Gasteiger partial charge is 0.352 e. The maximum Gasteiger partial charge on any atom is 0.243 e. The van der Waals surface area contributed by atoms with E-state index in [9.17, 15) is 9.59 Å². The zero-order chi connectivity index (χ0) is 22.2. The van der Waals surface area contributed by atoms with Crippen molar-refractivity contribution in [3.8, 4) is 0 Å². The van der Waals surface area contributed by atoms with Gasteiger partial charge >= 0.3 is 0 Å². The second kappa shape index (κ2) is 11.5. The number of rotatable bonds is 8. The molecule has 2 amide bonds. The molecule has 1 aliphatic rings. The summed E-state index contributed by atoms with van der Waals surface area (Å²) in [6, 6.07) is 14.6. The van der Waals surface area contributed by atoms with Crippen LogP contribution in [0.4, 0.5) is 0 Å². The lowest BCUT2D eigenvalue weighted by Crippen LogP contribution is -2.52. The van der Waals surface area contributed by atoms with E-state index in [0.717, 1.165) is 31.2 Å². The lowest BCUT2D eigenvalue weighted by Gasteiger charge is -2.33. The van der Waals surface area contributed by atoms with E-state index in [1.807, 2.05) is 37.3 Å². The fourth-order valence-corrected chi connectivity index (χ4v) is 4.73. The Hall–Kier alpha value is -2.04. The Morgan fingerprint density at radius 3 is 2.26 bits per heavy atom. The number of benzene rings is 2. The van der Waals surface area contributed by atoms with Gasteiger partial charge in [-0.25, -0.2) is 0 Å². The molecule has 0 heterocycles. The van der Waals surface area contributed by atoms with Gasteiger partial charge in [-0.1, -0.05) is 85.8 Å². The Labute approximate surface area is 194 Å². The number of hydrogen-bond acceptors (Lipinski definition) is 2. The van der Waals surface area contributed by atoms with E-state index in [0.29, 0.717) is 28.6 Å². The molecule has 31 heavy (non-hydrogen) atoms. The first-order valence-corrected chi connectivity index (χ1v) is 11.8. The molecular weight excluding hydrogens is 431 g/mol. The molecule has 0 saturated heterocycles. The Kier molecular flexibility index (Phi) is 8.79. The molecule has 0 aromatic heterocycles. The van der Waals surface area contributed by atoms with Crippen LogP contribution < -0.4 is 5.32 Å². The van der Waals surface area contributed by atoms with E-state index in [-0.39, 0.29) is 24.3 Å². The van der Waals surface area contributed by atoms with Gasteiger partial charge in [0.25, 0.3) is 0 Å². The second-order valence-electron chi connectivity index (χ2n) is 8.15. The van der Waals surface area contributed by atoms with Gasteiger partial charge < -0.3 is 10.2 Å². The highest BCUT2D eigenvalue weighted by Crippen LogP contribution is 2.26. The van der Waals surface area contributed by atoms with Gasteiger partial charge in [0, 0.05) is 22.6 Å². The normalized spacial score (nSPS) is 15.3. The quantitative estimate of drug-likeness (QED) is 0.541. The summed E-state index contributed by atoms with van der Waals surface area (Å²) in [5.74, 6) is -0.242. The predicted molar refractivity (Wildman–Crippen MR) is 126 cm³/mol. The molecule has 1 fully saturated rings. The summed E-state index contributed by atoms with van der Waals surface area (Å²) in [5.41, 5.74) is 1.57. The first-order valence-electron chi connectivity index (χ1n) is 11.1. The summed E-state index contributed by atoms with van der Waals surface area (Å²) < 4.78 is 0. The van der Waals surface area contributed by atoms with Crippen LogP contribution in [-0.2, 0) is 22.6 Å². The summed E-state index contributed by atoms with van der Waals surface area (Å²) in [7, 11) is 0. The van der Waals surface area contributed by atoms with E-state index in [1.54, 1.807) is 23.1 Å². The van der Waals surface area contributed by atoms with Gasteiger partial charge in [0.1, 0.15) is 6.04 Å². The van der Waals surface area contributed by atoms with Crippen LogP contribution in [0.5, 0.6) is 0 Å². The number of hydrogen-bond donors (Lipinski definition) is 1. The highest BCUT2D eigenvalue weighted by molar-refractivity contribution is 6.36. The third-order valence-corrected chi connectivity index (χ3v) is 6.63. The maximum atomic E-state index is 13.4. The van der Waals surface area contributed by atoms with Gasteiger partial charge in [0.2, 0.25) is 11.8 Å². The molecule has 0 aliphatic heterocycles. The number of carbonyl (C=O) groups excluding carboxylic acids is 2. The van der Waals surface area contributed by atoms with Crippen LogP contribution in [-0.4, -0.2) is 28.8 Å². The molecule has 1 unspecified atom stereocenters. The fourth-order valence-electron chi connectivity index (χ4n) is 4.20. The number of carbonyl (C=O) groups is 2. The predicted octanol–water partition coefficient (Wildman–Crippen LogP) is 5.79. The standard InChI is InChI=1S/C25H30Cl2N2O2/c1-2-23(25(31)28-19-12-7-4-8-13-19)29(17-18-10-5-3-6-11-18)24(30)16-20-21(26)14-9-15-22(20)27/h3,5-6,9-11,14-15,19,23H,2,4,7-8,12-13,16-17H2,1H3,(H,28,31). The first-order chi connectivity index (χ1) is 15.0. The van der Waals surface area contributed by atoms with Crippen molar-refractivity contribution in [2.24, 2.45) is 0 Å². The maximum absolute atomic E-state index is 13.4. The molecule has 2 aromatic rings. The lowest BCUT2D eigenvalue weighted by molar-refractivity contribution is -0.141. The highest BCUT2D eigenvalue weighted by atomic mass is 35.5. The van der Waals surface area contributed by atoms with Gasteiger partial charge in [0.05, 0.1) is 6.42 Å². The molecule has 1 N–H and O–H groups in total. The Balaban J connectivity index is 1.83. The third kappa shape index (κ3) is 6.47. The Morgan fingerprint density at radius 1 is 1.00 bits per heavy atom. The zero-order valence-corrected chi connectivity index (χ0v) is 19.5. The molecule has 0 bridgehead atoms. The van der Waals surface area contributed by atoms with Crippen molar-refractivity contribution in [1.29, 1.82) is 0 Å². The summed E-state index contributed by atoms with van der Waals surface area (Å²) in [5, 5.41) is 4.11. The zero-order valence-electron chi connectivity index (χ0n) is 17.9. The number of nitrogens with one attached hydrogen (secondary N) is 1. The van der Waals surface area contributed by atoms with Crippen molar-refractivity contribution in [3.05, 3.63) is 69.7 Å². The molecule has 3 rings (SSSR count). The molecule has 6 heteroatoms. The summed E-state index contributed by atoms with van der Waals surface area (Å²) in [4.78, 5) is 28.3. The minimum atomic E-state index is -0.545. The van der Waals surface area contributed by atoms with Gasteiger partial charge in [-0.2, -0.15) is 0 Å². The average molecular weight is 461 g/mol. The molecule has 1 atom stereocenters. The first kappa shape index (κ1) is 23.6. The summed E-state index contributed by atoms with van der Waals surface area (Å²) in [6.07, 6.45) is 6.10. The van der Waals surface area contributed by atoms with Gasteiger partial charge in [-0.15, -0.1) is 0 Å². The molecular formula is C25H30Cl2N2O2. The van der Waals surface area contributed by atoms with E-state index in [1.165, 1.54) is 6.42 Å². The molecule has 166 valence electrons. The van der Waals surface area contributed by atoms with E-state index < -0.39 is 6.04 Å². The van der Waals surface area contributed by atoms with Crippen LogP contribution in [0.1, 0.15) is 56.6 Å². The fraction of sp³-hybridized carbons (Fsp3) is 0.440. The SMILES string of the molecule is CCC(C(=O)NC1CCCCC1)N(Cc1ccccc1)C(=O)Cc1c(Cl)cccc1Cl. The van der Waals surface area contributed by atoms with E-state index >= 15 is 0 Å². The van der Waals surface area contributed by atoms with Crippen LogP contribution in [0.2, 0.25) is 10.0 Å². The Bertz CT molecular complexity index is 862. The van der Waals surface area contributed by atoms with Gasteiger partial charge in [0.15, 0.2) is 0 Å². The van der Waals surface area contributed by atoms with Crippen LogP contribution in [0.3, 0.4) is 0 Å². The van der Waals surface area contributed by atoms with Crippen molar-refractivity contribution >= 4 is 35.0 Å². The monoisotopic (exact) mass is 460 g/mol. The molecule has 4 nitrogen and oxygen atoms in total. The molecule has 1 saturated carbocycles. The van der Waals surface area contributed by atoms with Crippen LogP contribution in [0.25, 0.3) is 0 Å². The number of amides is 2. The van der Waals surface area contributed by atoms with E-state index in [2.05, 4.69) is 5.32 Å². The molecule has 2 aromatic carbocycles.